The van der Waals surface area contributed by atoms with Crippen LogP contribution >= 0.6 is 0 Å². The molecule has 3 heteroatoms. The zero-order valence-electron chi connectivity index (χ0n) is 12.4. The van der Waals surface area contributed by atoms with Crippen molar-refractivity contribution in [1.29, 1.82) is 0 Å². The normalized spacial score (nSPS) is 45.0. The minimum absolute atomic E-state index is 0.0850. The SMILES string of the molecule is CC12C=CC=CC1c1cncn1[C@@H]2[C@H]1[C@H](O)CC12CCC2. The largest absolute Gasteiger partial charge is 0.393 e. The van der Waals surface area contributed by atoms with Gasteiger partial charge in [0.05, 0.1) is 18.5 Å². The van der Waals surface area contributed by atoms with Crippen LogP contribution in [-0.2, 0) is 0 Å². The van der Waals surface area contributed by atoms with E-state index in [1.165, 1.54) is 25.0 Å². The Kier molecular flexibility index (Phi) is 2.15. The van der Waals surface area contributed by atoms with Gasteiger partial charge in [0.25, 0.3) is 0 Å². The molecule has 0 aromatic carbocycles. The van der Waals surface area contributed by atoms with Crippen molar-refractivity contribution in [2.75, 3.05) is 0 Å². The van der Waals surface area contributed by atoms with E-state index < -0.39 is 0 Å². The molecule has 2 unspecified atom stereocenters. The minimum Gasteiger partial charge on any atom is -0.393 e. The van der Waals surface area contributed by atoms with Gasteiger partial charge in [0.15, 0.2) is 0 Å². The Labute approximate surface area is 125 Å². The first-order valence-corrected chi connectivity index (χ1v) is 8.22. The highest BCUT2D eigenvalue weighted by Gasteiger charge is 2.64. The summed E-state index contributed by atoms with van der Waals surface area (Å²) in [6.07, 6.45) is 17.8. The van der Waals surface area contributed by atoms with Gasteiger partial charge < -0.3 is 9.67 Å². The van der Waals surface area contributed by atoms with Crippen molar-refractivity contribution in [3.05, 3.63) is 42.5 Å². The first-order valence-electron chi connectivity index (χ1n) is 8.22. The molecule has 110 valence electrons. The fourth-order valence-electron chi connectivity index (χ4n) is 5.74. The van der Waals surface area contributed by atoms with Gasteiger partial charge in [-0.2, -0.15) is 0 Å². The second-order valence-electron chi connectivity index (χ2n) is 7.77. The number of rotatable bonds is 1. The number of aromatic nitrogens is 2. The van der Waals surface area contributed by atoms with Crippen molar-refractivity contribution in [3.63, 3.8) is 0 Å². The zero-order chi connectivity index (χ0) is 14.2. The molecule has 1 N–H and O–H groups in total. The number of imidazole rings is 1. The van der Waals surface area contributed by atoms with Crippen molar-refractivity contribution in [2.24, 2.45) is 16.7 Å². The minimum atomic E-state index is -0.138. The van der Waals surface area contributed by atoms with Crippen LogP contribution in [0.3, 0.4) is 0 Å². The summed E-state index contributed by atoms with van der Waals surface area (Å²) >= 11 is 0. The van der Waals surface area contributed by atoms with Crippen LogP contribution in [-0.4, -0.2) is 20.8 Å². The summed E-state index contributed by atoms with van der Waals surface area (Å²) in [5.74, 6) is 0.797. The second kappa shape index (κ2) is 3.70. The van der Waals surface area contributed by atoms with Crippen LogP contribution in [0.5, 0.6) is 0 Å². The van der Waals surface area contributed by atoms with Crippen LogP contribution in [0, 0.1) is 16.7 Å². The van der Waals surface area contributed by atoms with Crippen LogP contribution in [0.15, 0.2) is 36.8 Å². The molecule has 0 saturated heterocycles. The number of aliphatic hydroxyl groups excluding tert-OH is 1. The van der Waals surface area contributed by atoms with Gasteiger partial charge in [-0.05, 0) is 24.7 Å². The molecule has 1 aromatic rings. The summed E-state index contributed by atoms with van der Waals surface area (Å²) in [5.41, 5.74) is 1.82. The predicted molar refractivity (Wildman–Crippen MR) is 80.8 cm³/mol. The molecular weight excluding hydrogens is 260 g/mol. The van der Waals surface area contributed by atoms with E-state index in [1.54, 1.807) is 0 Å². The molecule has 2 heterocycles. The van der Waals surface area contributed by atoms with Gasteiger partial charge in [-0.3, -0.25) is 0 Å². The second-order valence-corrected chi connectivity index (χ2v) is 7.77. The van der Waals surface area contributed by atoms with E-state index in [9.17, 15) is 5.11 Å². The van der Waals surface area contributed by atoms with Gasteiger partial charge in [0, 0.05) is 29.1 Å². The lowest BCUT2D eigenvalue weighted by Crippen LogP contribution is -2.60. The summed E-state index contributed by atoms with van der Waals surface area (Å²) in [6.45, 7) is 2.37. The topological polar surface area (TPSA) is 38.0 Å². The molecule has 3 nitrogen and oxygen atoms in total. The van der Waals surface area contributed by atoms with E-state index in [2.05, 4.69) is 40.8 Å². The van der Waals surface area contributed by atoms with Crippen molar-refractivity contribution in [1.82, 2.24) is 9.55 Å². The summed E-state index contributed by atoms with van der Waals surface area (Å²) in [6, 6.07) is 0.352. The first kappa shape index (κ1) is 12.2. The lowest BCUT2D eigenvalue weighted by molar-refractivity contribution is -0.182. The van der Waals surface area contributed by atoms with Gasteiger partial charge >= 0.3 is 0 Å². The third-order valence-corrected chi connectivity index (χ3v) is 6.92. The predicted octanol–water partition coefficient (Wildman–Crippen LogP) is 3.20. The average Bonchev–Trinajstić information content (AvgIpc) is 2.95. The summed E-state index contributed by atoms with van der Waals surface area (Å²) in [5, 5.41) is 10.6. The smallest absolute Gasteiger partial charge is 0.0951 e. The number of allylic oxidation sites excluding steroid dienone is 4. The Hall–Kier alpha value is -1.35. The van der Waals surface area contributed by atoms with Crippen LogP contribution < -0.4 is 0 Å². The third-order valence-electron chi connectivity index (χ3n) is 6.92. The van der Waals surface area contributed by atoms with Crippen LogP contribution in [0.2, 0.25) is 0 Å². The van der Waals surface area contributed by atoms with Crippen molar-refractivity contribution in [2.45, 2.75) is 50.7 Å². The summed E-state index contributed by atoms with van der Waals surface area (Å²) in [4.78, 5) is 4.40. The van der Waals surface area contributed by atoms with Gasteiger partial charge in [-0.25, -0.2) is 4.98 Å². The Morgan fingerprint density at radius 3 is 2.90 bits per heavy atom. The highest BCUT2D eigenvalue weighted by Crippen LogP contribution is 2.69. The Bertz CT molecular complexity index is 654. The van der Waals surface area contributed by atoms with Crippen molar-refractivity contribution < 1.29 is 5.11 Å². The van der Waals surface area contributed by atoms with E-state index >= 15 is 0 Å². The third kappa shape index (κ3) is 1.28. The first-order chi connectivity index (χ1) is 10.2. The number of fused-ring (bicyclic) bond motifs is 3. The lowest BCUT2D eigenvalue weighted by atomic mass is 9.44. The molecule has 4 aliphatic rings. The number of nitrogens with zero attached hydrogens (tertiary/aromatic N) is 2. The maximum Gasteiger partial charge on any atom is 0.0951 e. The van der Waals surface area contributed by atoms with Crippen LogP contribution in [0.25, 0.3) is 0 Å². The monoisotopic (exact) mass is 282 g/mol. The van der Waals surface area contributed by atoms with E-state index in [0.717, 1.165) is 6.42 Å². The number of hydrogen-bond donors (Lipinski definition) is 1. The van der Waals surface area contributed by atoms with Gasteiger partial charge in [-0.1, -0.05) is 37.6 Å². The Morgan fingerprint density at radius 2 is 2.19 bits per heavy atom. The van der Waals surface area contributed by atoms with E-state index in [0.29, 0.717) is 23.3 Å². The molecule has 0 amide bonds. The van der Waals surface area contributed by atoms with Crippen molar-refractivity contribution in [3.8, 4) is 0 Å². The molecule has 2 saturated carbocycles. The molecule has 21 heavy (non-hydrogen) atoms. The molecule has 5 atom stereocenters. The summed E-state index contributed by atoms with van der Waals surface area (Å²) in [7, 11) is 0. The fraction of sp³-hybridized carbons (Fsp3) is 0.611. The molecule has 1 aliphatic heterocycles. The molecular formula is C18H22N2O. The highest BCUT2D eigenvalue weighted by atomic mass is 16.3. The standard InChI is InChI=1S/C18H22N2O/c1-17-6-3-2-5-12(17)13-10-19-11-20(13)16(17)15-14(21)9-18(15)7-4-8-18/h2-3,5-6,10-12,14-16,21H,4,7-9H2,1H3/t12?,14-,15-,16-,17?/m1/s1. The molecule has 1 spiro atoms. The Balaban J connectivity index is 1.65. The lowest BCUT2D eigenvalue weighted by Gasteiger charge is -2.63. The van der Waals surface area contributed by atoms with E-state index in [-0.39, 0.29) is 11.5 Å². The maximum atomic E-state index is 10.6. The van der Waals surface area contributed by atoms with Crippen LogP contribution in [0.4, 0.5) is 0 Å². The van der Waals surface area contributed by atoms with Gasteiger partial charge in [0.1, 0.15) is 0 Å². The van der Waals surface area contributed by atoms with Crippen molar-refractivity contribution >= 4 is 0 Å². The maximum absolute atomic E-state index is 10.6. The molecule has 5 rings (SSSR count). The molecule has 3 aliphatic carbocycles. The number of aliphatic hydroxyl groups is 1. The molecule has 0 radical (unpaired) electrons. The molecule has 1 aromatic heterocycles. The zero-order valence-corrected chi connectivity index (χ0v) is 12.4. The highest BCUT2D eigenvalue weighted by molar-refractivity contribution is 5.37. The Morgan fingerprint density at radius 1 is 1.33 bits per heavy atom. The summed E-state index contributed by atoms with van der Waals surface area (Å²) < 4.78 is 2.37. The van der Waals surface area contributed by atoms with E-state index in [1.807, 2.05) is 12.5 Å². The molecule has 0 bridgehead atoms. The quantitative estimate of drug-likeness (QED) is 0.859. The number of hydrogen-bond acceptors (Lipinski definition) is 2. The van der Waals surface area contributed by atoms with Crippen LogP contribution in [0.1, 0.15) is 50.3 Å². The average molecular weight is 282 g/mol. The van der Waals surface area contributed by atoms with Gasteiger partial charge in [-0.15, -0.1) is 0 Å². The fourth-order valence-corrected chi connectivity index (χ4v) is 5.74. The van der Waals surface area contributed by atoms with E-state index in [4.69, 9.17) is 0 Å². The molecule has 2 fully saturated rings. The van der Waals surface area contributed by atoms with Gasteiger partial charge in [0.2, 0.25) is 0 Å².